The molecule has 2 saturated heterocycles. The van der Waals surface area contributed by atoms with Gasteiger partial charge in [-0.05, 0) is 104 Å². The number of imidazole rings is 1. The lowest BCUT2D eigenvalue weighted by molar-refractivity contribution is -0.185. The van der Waals surface area contributed by atoms with Crippen LogP contribution in [0.2, 0.25) is 0 Å². The molecule has 3 heterocycles. The standard InChI is InChI=1S/C39H63BN6O9/c1-22(42-31(48)26(43-33(50)52-36(5,6)7)18-24-20-45(21-41-24)34(51)53-37(8,9)10)30(47)44-28(35(2,3)4)32(49)46-16-14-15-27(46)40-54-29-25-17-23(38(25,11)12)19-39(29,13)55-40/h20-23,25-29H,14-19H2,1-13H3,(H,42,48)(H,43,50)(H,44,47)/t22?,23?,25?,26?,27?,28?,29?,39-/m0/s1. The van der Waals surface area contributed by atoms with Gasteiger partial charge in [-0.3, -0.25) is 14.4 Å². The second-order valence-electron chi connectivity index (χ2n) is 19.9. The minimum absolute atomic E-state index is 0.0214. The van der Waals surface area contributed by atoms with Crippen LogP contribution < -0.4 is 16.0 Å². The van der Waals surface area contributed by atoms with E-state index in [1.807, 2.05) is 20.8 Å². The monoisotopic (exact) mass is 770 g/mol. The molecule has 1 aromatic rings. The zero-order valence-electron chi connectivity index (χ0n) is 35.0. The number of carbonyl (C=O) groups is 5. The molecule has 0 aromatic carbocycles. The molecule has 6 rings (SSSR count). The van der Waals surface area contributed by atoms with E-state index in [2.05, 4.69) is 41.7 Å². The molecule has 7 unspecified atom stereocenters. The molecule has 55 heavy (non-hydrogen) atoms. The Kier molecular flexibility index (Phi) is 11.6. The van der Waals surface area contributed by atoms with E-state index < -0.39 is 65.9 Å². The Morgan fingerprint density at radius 1 is 0.964 bits per heavy atom. The zero-order chi connectivity index (χ0) is 41.1. The van der Waals surface area contributed by atoms with Crippen molar-refractivity contribution in [1.29, 1.82) is 0 Å². The van der Waals surface area contributed by atoms with Gasteiger partial charge in [-0.2, -0.15) is 0 Å². The maximum Gasteiger partial charge on any atom is 0.481 e. The topological polar surface area (TPSA) is 179 Å². The van der Waals surface area contributed by atoms with Crippen LogP contribution >= 0.6 is 0 Å². The van der Waals surface area contributed by atoms with Crippen LogP contribution in [0.1, 0.15) is 121 Å². The lowest BCUT2D eigenvalue weighted by Gasteiger charge is -2.63. The molecule has 15 nitrogen and oxygen atoms in total. The van der Waals surface area contributed by atoms with E-state index in [9.17, 15) is 24.0 Å². The molecule has 4 amide bonds. The summed E-state index contributed by atoms with van der Waals surface area (Å²) in [5.41, 5.74) is -2.13. The van der Waals surface area contributed by atoms with Crippen molar-refractivity contribution >= 4 is 37.0 Å². The summed E-state index contributed by atoms with van der Waals surface area (Å²) in [5.74, 6) is -0.770. The second-order valence-corrected chi connectivity index (χ2v) is 19.9. The molecule has 306 valence electrons. The van der Waals surface area contributed by atoms with E-state index in [0.29, 0.717) is 24.1 Å². The van der Waals surface area contributed by atoms with E-state index in [4.69, 9.17) is 18.8 Å². The highest BCUT2D eigenvalue weighted by molar-refractivity contribution is 6.48. The maximum atomic E-state index is 14.4. The van der Waals surface area contributed by atoms with Crippen molar-refractivity contribution in [3.05, 3.63) is 18.2 Å². The van der Waals surface area contributed by atoms with Crippen molar-refractivity contribution in [3.8, 4) is 0 Å². The molecule has 0 spiro atoms. The van der Waals surface area contributed by atoms with Crippen molar-refractivity contribution in [2.45, 2.75) is 169 Å². The van der Waals surface area contributed by atoms with Crippen LogP contribution in [-0.2, 0) is 39.6 Å². The van der Waals surface area contributed by atoms with Gasteiger partial charge in [-0.1, -0.05) is 34.6 Å². The Labute approximate surface area is 326 Å². The highest BCUT2D eigenvalue weighted by atomic mass is 16.7. The lowest BCUT2D eigenvalue weighted by Crippen LogP contribution is -2.63. The summed E-state index contributed by atoms with van der Waals surface area (Å²) in [6.07, 6.45) is 4.62. The minimum Gasteiger partial charge on any atom is -0.444 e. The summed E-state index contributed by atoms with van der Waals surface area (Å²) < 4.78 is 25.3. The average Bonchev–Trinajstić information content (AvgIpc) is 3.78. The Bertz CT molecular complexity index is 1640. The Hall–Kier alpha value is -3.66. The Morgan fingerprint density at radius 2 is 1.62 bits per heavy atom. The largest absolute Gasteiger partial charge is 0.481 e. The van der Waals surface area contributed by atoms with Crippen LogP contribution in [0.15, 0.2) is 12.5 Å². The number of nitrogens with one attached hydrogen (secondary N) is 3. The maximum absolute atomic E-state index is 14.4. The van der Waals surface area contributed by atoms with Crippen LogP contribution in [0.4, 0.5) is 9.59 Å². The fraction of sp³-hybridized carbons (Fsp3) is 0.795. The van der Waals surface area contributed by atoms with E-state index in [-0.39, 0.29) is 35.4 Å². The number of alkyl carbamates (subject to hydrolysis) is 1. The Morgan fingerprint density at radius 3 is 2.22 bits per heavy atom. The van der Waals surface area contributed by atoms with Gasteiger partial charge in [0.15, 0.2) is 0 Å². The third-order valence-electron chi connectivity index (χ3n) is 11.5. The van der Waals surface area contributed by atoms with Gasteiger partial charge in [0.1, 0.15) is 35.7 Å². The van der Waals surface area contributed by atoms with E-state index in [1.165, 1.54) is 19.4 Å². The first-order valence-corrected chi connectivity index (χ1v) is 19.7. The number of aromatic nitrogens is 2. The fourth-order valence-corrected chi connectivity index (χ4v) is 8.47. The van der Waals surface area contributed by atoms with Crippen LogP contribution in [-0.4, -0.2) is 105 Å². The summed E-state index contributed by atoms with van der Waals surface area (Å²) in [7, 11) is -0.545. The SMILES string of the molecule is CC(NC(=O)C(Cc1cn(C(=O)OC(C)(C)C)cn1)NC(=O)OC(C)(C)C)C(=O)NC(C(=O)N1CCCC1B1OC2C3CC(C[C@]2(C)O1)C3(C)C)C(C)(C)C. The van der Waals surface area contributed by atoms with Gasteiger partial charge in [0.25, 0.3) is 0 Å². The summed E-state index contributed by atoms with van der Waals surface area (Å²) in [6.45, 7) is 24.7. The number of rotatable bonds is 9. The number of carbonyl (C=O) groups excluding carboxylic acids is 5. The fourth-order valence-electron chi connectivity index (χ4n) is 8.47. The molecule has 2 bridgehead atoms. The summed E-state index contributed by atoms with van der Waals surface area (Å²) in [4.78, 5) is 73.3. The van der Waals surface area contributed by atoms with Crippen LogP contribution in [0.3, 0.4) is 0 Å². The van der Waals surface area contributed by atoms with Gasteiger partial charge in [0.2, 0.25) is 17.7 Å². The first kappa shape index (κ1) is 42.5. The number of hydrogen-bond acceptors (Lipinski definition) is 10. The van der Waals surface area contributed by atoms with E-state index in [1.54, 1.807) is 46.4 Å². The summed E-state index contributed by atoms with van der Waals surface area (Å²) in [5, 5.41) is 8.17. The van der Waals surface area contributed by atoms with Gasteiger partial charge in [-0.15, -0.1) is 0 Å². The molecular weight excluding hydrogens is 707 g/mol. The van der Waals surface area contributed by atoms with Gasteiger partial charge in [-0.25, -0.2) is 19.1 Å². The molecule has 16 heteroatoms. The number of amides is 4. The van der Waals surface area contributed by atoms with Crippen molar-refractivity contribution in [3.63, 3.8) is 0 Å². The van der Waals surface area contributed by atoms with Gasteiger partial charge in [0, 0.05) is 19.2 Å². The normalized spacial score (nSPS) is 27.6. The Balaban J connectivity index is 1.25. The number of hydrogen-bond donors (Lipinski definition) is 3. The second kappa shape index (κ2) is 15.0. The molecule has 3 aliphatic carbocycles. The molecule has 8 atom stereocenters. The molecule has 3 N–H and O–H groups in total. The third kappa shape index (κ3) is 9.49. The van der Waals surface area contributed by atoms with Crippen molar-refractivity contribution in [1.82, 2.24) is 30.4 Å². The number of ether oxygens (including phenoxy) is 2. The highest BCUT2D eigenvalue weighted by Gasteiger charge is 2.68. The summed E-state index contributed by atoms with van der Waals surface area (Å²) >= 11 is 0. The highest BCUT2D eigenvalue weighted by Crippen LogP contribution is 2.65. The van der Waals surface area contributed by atoms with E-state index in [0.717, 1.165) is 30.3 Å². The van der Waals surface area contributed by atoms with Crippen LogP contribution in [0, 0.1) is 22.7 Å². The van der Waals surface area contributed by atoms with Gasteiger partial charge in [0.05, 0.1) is 23.3 Å². The molecule has 0 radical (unpaired) electrons. The number of nitrogens with zero attached hydrogens (tertiary/aromatic N) is 3. The molecule has 1 aromatic heterocycles. The van der Waals surface area contributed by atoms with E-state index >= 15 is 0 Å². The predicted molar refractivity (Wildman–Crippen MR) is 205 cm³/mol. The van der Waals surface area contributed by atoms with Crippen LogP contribution in [0.5, 0.6) is 0 Å². The molecule has 3 saturated carbocycles. The third-order valence-corrected chi connectivity index (χ3v) is 11.5. The molecule has 5 aliphatic rings. The first-order valence-electron chi connectivity index (χ1n) is 19.7. The van der Waals surface area contributed by atoms with Gasteiger partial charge < -0.3 is 39.6 Å². The van der Waals surface area contributed by atoms with Gasteiger partial charge >= 0.3 is 19.3 Å². The van der Waals surface area contributed by atoms with Crippen molar-refractivity contribution in [2.75, 3.05) is 6.54 Å². The molecule has 2 aliphatic heterocycles. The van der Waals surface area contributed by atoms with Crippen molar-refractivity contribution in [2.24, 2.45) is 22.7 Å². The smallest absolute Gasteiger partial charge is 0.444 e. The van der Waals surface area contributed by atoms with Crippen LogP contribution in [0.25, 0.3) is 0 Å². The zero-order valence-corrected chi connectivity index (χ0v) is 35.0. The average molecular weight is 771 g/mol. The quantitative estimate of drug-likeness (QED) is 0.305. The first-order chi connectivity index (χ1) is 25.2. The summed E-state index contributed by atoms with van der Waals surface area (Å²) in [6, 6.07) is -3.24. The minimum atomic E-state index is -1.23. The molecular formula is C39H63BN6O9. The lowest BCUT2D eigenvalue weighted by atomic mass is 9.45. The predicted octanol–water partition coefficient (Wildman–Crippen LogP) is 4.40. The van der Waals surface area contributed by atoms with Crippen molar-refractivity contribution < 1.29 is 42.8 Å². The number of likely N-dealkylation sites (tertiary alicyclic amines) is 1. The molecule has 5 fully saturated rings.